The van der Waals surface area contributed by atoms with Crippen molar-refractivity contribution in [3.63, 3.8) is 0 Å². The molecule has 31 heavy (non-hydrogen) atoms. The van der Waals surface area contributed by atoms with Gasteiger partial charge in [0.2, 0.25) is 5.91 Å². The molecule has 2 unspecified atom stereocenters. The average molecular weight is 422 g/mol. The second kappa shape index (κ2) is 8.97. The third-order valence-electron chi connectivity index (χ3n) is 5.01. The van der Waals surface area contributed by atoms with E-state index in [1.54, 1.807) is 10.7 Å². The van der Waals surface area contributed by atoms with Crippen molar-refractivity contribution in [3.8, 4) is 11.3 Å². The standard InChI is InChI=1S/C22H23FN6O2/c1-2-16-12-20(30)27-21(24-16)29-19(13-18(28-29)14-6-4-3-5-7-14)26-22(31)25-17-10-8-15(23)9-11-17/h3-11,13,16,21,24H,2,12H2,1H3,(H,27,30)(H2,25,26,31). The Labute approximate surface area is 178 Å². The molecule has 2 aromatic carbocycles. The predicted octanol–water partition coefficient (Wildman–Crippen LogP) is 3.68. The maximum Gasteiger partial charge on any atom is 0.324 e. The largest absolute Gasteiger partial charge is 0.324 e. The molecule has 1 aliphatic rings. The molecule has 2 atom stereocenters. The number of carbonyl (C=O) groups excluding carboxylic acids is 2. The summed E-state index contributed by atoms with van der Waals surface area (Å²) < 4.78 is 14.7. The SMILES string of the molecule is CCC1CC(=O)NC(n2nc(-c3ccccc3)cc2NC(=O)Nc2ccc(F)cc2)N1. The molecule has 0 radical (unpaired) electrons. The summed E-state index contributed by atoms with van der Waals surface area (Å²) in [5, 5.41) is 16.3. The number of aromatic nitrogens is 2. The van der Waals surface area contributed by atoms with Gasteiger partial charge in [-0.15, -0.1) is 0 Å². The van der Waals surface area contributed by atoms with Gasteiger partial charge in [-0.1, -0.05) is 37.3 Å². The van der Waals surface area contributed by atoms with E-state index in [1.165, 1.54) is 24.3 Å². The summed E-state index contributed by atoms with van der Waals surface area (Å²) in [6, 6.07) is 16.2. The number of anilines is 2. The number of amides is 3. The fourth-order valence-electron chi connectivity index (χ4n) is 3.40. The highest BCUT2D eigenvalue weighted by molar-refractivity contribution is 5.99. The van der Waals surface area contributed by atoms with Crippen molar-refractivity contribution >= 4 is 23.4 Å². The summed E-state index contributed by atoms with van der Waals surface area (Å²) in [6.07, 6.45) is 0.558. The van der Waals surface area contributed by atoms with Gasteiger partial charge in [0.25, 0.3) is 0 Å². The maximum atomic E-state index is 13.1. The molecular formula is C22H23FN6O2. The molecule has 1 aromatic heterocycles. The average Bonchev–Trinajstić information content (AvgIpc) is 3.19. The van der Waals surface area contributed by atoms with Crippen LogP contribution in [0.5, 0.6) is 0 Å². The van der Waals surface area contributed by atoms with E-state index >= 15 is 0 Å². The van der Waals surface area contributed by atoms with Crippen LogP contribution in [0.2, 0.25) is 0 Å². The number of hydrogen-bond acceptors (Lipinski definition) is 4. The van der Waals surface area contributed by atoms with Gasteiger partial charge in [0.15, 0.2) is 6.29 Å². The van der Waals surface area contributed by atoms with Gasteiger partial charge in [0.05, 0.1) is 5.69 Å². The maximum absolute atomic E-state index is 13.1. The Bertz CT molecular complexity index is 1070. The van der Waals surface area contributed by atoms with Gasteiger partial charge in [-0.3, -0.25) is 15.4 Å². The van der Waals surface area contributed by atoms with Crippen molar-refractivity contribution in [2.24, 2.45) is 0 Å². The summed E-state index contributed by atoms with van der Waals surface area (Å²) in [5.41, 5.74) is 1.97. The predicted molar refractivity (Wildman–Crippen MR) is 116 cm³/mol. The first-order valence-electron chi connectivity index (χ1n) is 10.1. The van der Waals surface area contributed by atoms with Gasteiger partial charge < -0.3 is 10.6 Å². The van der Waals surface area contributed by atoms with E-state index in [0.717, 1.165) is 12.0 Å². The topological polar surface area (TPSA) is 100 Å². The van der Waals surface area contributed by atoms with Crippen LogP contribution < -0.4 is 21.3 Å². The van der Waals surface area contributed by atoms with E-state index in [0.29, 0.717) is 23.6 Å². The number of carbonyl (C=O) groups is 2. The van der Waals surface area contributed by atoms with Crippen LogP contribution in [-0.2, 0) is 4.79 Å². The molecule has 0 spiro atoms. The first kappa shape index (κ1) is 20.5. The number of halogens is 1. The monoisotopic (exact) mass is 422 g/mol. The molecule has 4 rings (SSSR count). The van der Waals surface area contributed by atoms with Crippen LogP contribution in [0.4, 0.5) is 20.7 Å². The van der Waals surface area contributed by atoms with Crippen LogP contribution in [0, 0.1) is 5.82 Å². The molecular weight excluding hydrogens is 399 g/mol. The Morgan fingerprint density at radius 2 is 1.90 bits per heavy atom. The Balaban J connectivity index is 1.61. The third kappa shape index (κ3) is 4.89. The van der Waals surface area contributed by atoms with Crippen molar-refractivity contribution in [1.82, 2.24) is 20.4 Å². The van der Waals surface area contributed by atoms with Gasteiger partial charge in [0, 0.05) is 29.8 Å². The van der Waals surface area contributed by atoms with E-state index in [2.05, 4.69) is 26.4 Å². The summed E-state index contributed by atoms with van der Waals surface area (Å²) in [4.78, 5) is 24.7. The third-order valence-corrected chi connectivity index (χ3v) is 5.01. The molecule has 0 bridgehead atoms. The lowest BCUT2D eigenvalue weighted by atomic mass is 10.1. The van der Waals surface area contributed by atoms with E-state index in [-0.39, 0.29) is 17.8 Å². The summed E-state index contributed by atoms with van der Waals surface area (Å²) in [6.45, 7) is 2.00. The molecule has 1 saturated heterocycles. The Hall–Kier alpha value is -3.72. The van der Waals surface area contributed by atoms with Crippen molar-refractivity contribution < 1.29 is 14.0 Å². The zero-order valence-electron chi connectivity index (χ0n) is 16.9. The minimum absolute atomic E-state index is 0.00372. The minimum Gasteiger partial charge on any atom is -0.322 e. The summed E-state index contributed by atoms with van der Waals surface area (Å²) in [7, 11) is 0. The lowest BCUT2D eigenvalue weighted by Crippen LogP contribution is -2.53. The lowest BCUT2D eigenvalue weighted by Gasteiger charge is -2.31. The van der Waals surface area contributed by atoms with Crippen molar-refractivity contribution in [2.75, 3.05) is 10.6 Å². The summed E-state index contributed by atoms with van der Waals surface area (Å²) in [5.74, 6) is -0.0803. The second-order valence-electron chi connectivity index (χ2n) is 7.26. The number of rotatable bonds is 5. The van der Waals surface area contributed by atoms with E-state index < -0.39 is 12.3 Å². The van der Waals surface area contributed by atoms with E-state index in [1.807, 2.05) is 37.3 Å². The molecule has 3 amide bonds. The highest BCUT2D eigenvalue weighted by Gasteiger charge is 2.28. The quantitative estimate of drug-likeness (QED) is 0.504. The Kier molecular flexibility index (Phi) is 5.94. The van der Waals surface area contributed by atoms with Gasteiger partial charge in [-0.25, -0.2) is 13.9 Å². The van der Waals surface area contributed by atoms with Gasteiger partial charge in [0.1, 0.15) is 11.6 Å². The molecule has 3 aromatic rings. The molecule has 2 heterocycles. The van der Waals surface area contributed by atoms with Crippen LogP contribution in [0.15, 0.2) is 60.7 Å². The van der Waals surface area contributed by atoms with E-state index in [9.17, 15) is 14.0 Å². The minimum atomic E-state index is -0.607. The zero-order valence-corrected chi connectivity index (χ0v) is 16.9. The molecule has 160 valence electrons. The molecule has 9 heteroatoms. The van der Waals surface area contributed by atoms with Crippen LogP contribution in [0.1, 0.15) is 26.1 Å². The lowest BCUT2D eigenvalue weighted by molar-refractivity contribution is -0.125. The highest BCUT2D eigenvalue weighted by atomic mass is 19.1. The van der Waals surface area contributed by atoms with Gasteiger partial charge in [-0.2, -0.15) is 5.10 Å². The zero-order chi connectivity index (χ0) is 21.8. The first-order chi connectivity index (χ1) is 15.0. The van der Waals surface area contributed by atoms with Crippen LogP contribution in [0.25, 0.3) is 11.3 Å². The molecule has 8 nitrogen and oxygen atoms in total. The molecule has 0 aliphatic carbocycles. The highest BCUT2D eigenvalue weighted by Crippen LogP contribution is 2.25. The summed E-state index contributed by atoms with van der Waals surface area (Å²) >= 11 is 0. The first-order valence-corrected chi connectivity index (χ1v) is 10.1. The Morgan fingerprint density at radius 1 is 1.16 bits per heavy atom. The van der Waals surface area contributed by atoms with Crippen LogP contribution in [-0.4, -0.2) is 27.8 Å². The molecule has 0 saturated carbocycles. The van der Waals surface area contributed by atoms with Crippen LogP contribution >= 0.6 is 0 Å². The van der Waals surface area contributed by atoms with E-state index in [4.69, 9.17) is 0 Å². The van der Waals surface area contributed by atoms with Gasteiger partial charge in [-0.05, 0) is 30.7 Å². The van der Waals surface area contributed by atoms with Gasteiger partial charge >= 0.3 is 6.03 Å². The fraction of sp³-hybridized carbons (Fsp3) is 0.227. The second-order valence-corrected chi connectivity index (χ2v) is 7.26. The number of hydrogen-bond donors (Lipinski definition) is 4. The van der Waals surface area contributed by atoms with Crippen LogP contribution in [0.3, 0.4) is 0 Å². The van der Waals surface area contributed by atoms with Crippen molar-refractivity contribution in [1.29, 1.82) is 0 Å². The van der Waals surface area contributed by atoms with Crippen molar-refractivity contribution in [2.45, 2.75) is 32.1 Å². The Morgan fingerprint density at radius 3 is 2.61 bits per heavy atom. The normalized spacial score (nSPS) is 18.3. The number of nitrogens with zero attached hydrogens (tertiary/aromatic N) is 2. The molecule has 4 N–H and O–H groups in total. The number of benzene rings is 2. The number of urea groups is 1. The smallest absolute Gasteiger partial charge is 0.322 e. The van der Waals surface area contributed by atoms with Crippen molar-refractivity contribution in [3.05, 3.63) is 66.5 Å². The molecule has 1 aliphatic heterocycles. The molecule has 1 fully saturated rings. The number of nitrogens with one attached hydrogen (secondary N) is 4. The fourth-order valence-corrected chi connectivity index (χ4v) is 3.40.